The highest BCUT2D eigenvalue weighted by atomic mass is 32.1. The third kappa shape index (κ3) is 4.58. The van der Waals surface area contributed by atoms with Crippen LogP contribution in [0.2, 0.25) is 0 Å². The maximum absolute atomic E-state index is 12.4. The van der Waals surface area contributed by atoms with E-state index in [1.165, 1.54) is 25.7 Å². The van der Waals surface area contributed by atoms with E-state index in [4.69, 9.17) is 0 Å². The summed E-state index contributed by atoms with van der Waals surface area (Å²) in [5.41, 5.74) is 0.595. The van der Waals surface area contributed by atoms with Crippen molar-refractivity contribution in [2.24, 2.45) is 0 Å². The van der Waals surface area contributed by atoms with Gasteiger partial charge in [0.15, 0.2) is 0 Å². The fraction of sp³-hybridized carbons (Fsp3) is 0.588. The molecular weight excluding hydrogens is 336 g/mol. The molecule has 0 atom stereocenters. The second-order valence-electron chi connectivity index (χ2n) is 6.59. The molecule has 8 heteroatoms. The van der Waals surface area contributed by atoms with Crippen molar-refractivity contribution >= 4 is 22.4 Å². The molecule has 1 aliphatic heterocycles. The Labute approximate surface area is 152 Å². The molecule has 0 aliphatic carbocycles. The monoisotopic (exact) mass is 362 g/mol. The van der Waals surface area contributed by atoms with Gasteiger partial charge < -0.3 is 15.1 Å². The number of hydrogen-bond acceptors (Lipinski definition) is 6. The fourth-order valence-corrected chi connectivity index (χ4v) is 3.81. The van der Waals surface area contributed by atoms with Crippen molar-refractivity contribution in [2.45, 2.75) is 25.7 Å². The highest BCUT2D eigenvalue weighted by Gasteiger charge is 2.18. The van der Waals surface area contributed by atoms with Crippen molar-refractivity contribution < 1.29 is 4.79 Å². The van der Waals surface area contributed by atoms with Crippen LogP contribution in [0.5, 0.6) is 0 Å². The molecule has 2 aromatic rings. The Hall–Kier alpha value is -1.93. The summed E-state index contributed by atoms with van der Waals surface area (Å²) in [6.07, 6.45) is 6.86. The summed E-state index contributed by atoms with van der Waals surface area (Å²) in [7, 11) is 3.97. The van der Waals surface area contributed by atoms with Crippen LogP contribution < -0.4 is 10.2 Å². The van der Waals surface area contributed by atoms with Gasteiger partial charge in [-0.15, -0.1) is 10.2 Å². The Bertz CT molecular complexity index is 687. The van der Waals surface area contributed by atoms with Crippen LogP contribution in [0, 0.1) is 0 Å². The minimum absolute atomic E-state index is 0.0848. The highest BCUT2D eigenvalue weighted by molar-refractivity contribution is 7.17. The summed E-state index contributed by atoms with van der Waals surface area (Å²) in [5.74, 6) is -0.0848. The van der Waals surface area contributed by atoms with E-state index in [1.54, 1.807) is 11.3 Å². The zero-order valence-electron chi connectivity index (χ0n) is 14.9. The molecule has 25 heavy (non-hydrogen) atoms. The number of carbonyl (C=O) groups excluding carboxylic acids is 1. The minimum Gasteiger partial charge on any atom is -0.349 e. The van der Waals surface area contributed by atoms with E-state index < -0.39 is 0 Å². The first kappa shape index (κ1) is 17.9. The number of hydrogen-bond donors (Lipinski definition) is 1. The van der Waals surface area contributed by atoms with E-state index in [0.29, 0.717) is 12.2 Å². The number of aromatic nitrogens is 3. The molecule has 1 N–H and O–H groups in total. The Balaban J connectivity index is 1.70. The van der Waals surface area contributed by atoms with Gasteiger partial charge in [0.25, 0.3) is 5.91 Å². The molecule has 1 fully saturated rings. The van der Waals surface area contributed by atoms with Crippen molar-refractivity contribution in [2.75, 3.05) is 45.2 Å². The Morgan fingerprint density at radius 3 is 2.64 bits per heavy atom. The lowest BCUT2D eigenvalue weighted by Crippen LogP contribution is -2.32. The van der Waals surface area contributed by atoms with Crippen molar-refractivity contribution in [3.05, 3.63) is 24.0 Å². The zero-order valence-corrected chi connectivity index (χ0v) is 15.8. The maximum atomic E-state index is 12.4. The second kappa shape index (κ2) is 8.44. The maximum Gasteiger partial charge on any atom is 0.268 e. The van der Waals surface area contributed by atoms with Gasteiger partial charge >= 0.3 is 0 Å². The molecule has 0 unspecified atom stereocenters. The molecule has 0 spiro atoms. The molecule has 0 bridgehead atoms. The molecule has 0 aromatic carbocycles. The first-order chi connectivity index (χ1) is 12.1. The fourth-order valence-electron chi connectivity index (χ4n) is 2.91. The lowest BCUT2D eigenvalue weighted by Gasteiger charge is -2.17. The highest BCUT2D eigenvalue weighted by Crippen LogP contribution is 2.26. The van der Waals surface area contributed by atoms with Crippen LogP contribution in [0.4, 0.5) is 5.13 Å². The summed E-state index contributed by atoms with van der Waals surface area (Å²) in [6.45, 7) is 3.51. The van der Waals surface area contributed by atoms with E-state index >= 15 is 0 Å². The largest absolute Gasteiger partial charge is 0.349 e. The van der Waals surface area contributed by atoms with Crippen LogP contribution in [0.3, 0.4) is 0 Å². The summed E-state index contributed by atoms with van der Waals surface area (Å²) in [6, 6.07) is 3.69. The SMILES string of the molecule is CN(C)CCNC(=O)c1cccn1-c1nnc(N2CCCCCC2)s1. The van der Waals surface area contributed by atoms with E-state index in [0.717, 1.165) is 29.9 Å². The standard InChI is InChI=1S/C17H26N6OS/c1-21(2)13-9-18-15(24)14-8-7-12-23(14)17-20-19-16(25-17)22-10-5-3-4-6-11-22/h7-8,12H,3-6,9-11,13H2,1-2H3,(H,18,24). The number of rotatable bonds is 6. The van der Waals surface area contributed by atoms with E-state index in [1.807, 2.05) is 41.9 Å². The third-order valence-electron chi connectivity index (χ3n) is 4.31. The van der Waals surface area contributed by atoms with Crippen LogP contribution in [0.1, 0.15) is 36.2 Å². The van der Waals surface area contributed by atoms with Crippen LogP contribution in [-0.2, 0) is 0 Å². The molecule has 3 heterocycles. The molecule has 136 valence electrons. The van der Waals surface area contributed by atoms with Gasteiger partial charge in [0.2, 0.25) is 10.3 Å². The number of carbonyl (C=O) groups is 1. The van der Waals surface area contributed by atoms with Gasteiger partial charge in [0, 0.05) is 32.4 Å². The van der Waals surface area contributed by atoms with Gasteiger partial charge in [-0.2, -0.15) is 0 Å². The zero-order chi connectivity index (χ0) is 17.6. The van der Waals surface area contributed by atoms with Gasteiger partial charge in [0.05, 0.1) is 0 Å². The van der Waals surface area contributed by atoms with E-state index in [9.17, 15) is 4.79 Å². The lowest BCUT2D eigenvalue weighted by molar-refractivity contribution is 0.0944. The smallest absolute Gasteiger partial charge is 0.268 e. The predicted molar refractivity (Wildman–Crippen MR) is 101 cm³/mol. The first-order valence-corrected chi connectivity index (χ1v) is 9.66. The van der Waals surface area contributed by atoms with Gasteiger partial charge in [0.1, 0.15) is 5.69 Å². The van der Waals surface area contributed by atoms with Crippen molar-refractivity contribution in [3.63, 3.8) is 0 Å². The lowest BCUT2D eigenvalue weighted by atomic mass is 10.2. The van der Waals surface area contributed by atoms with Crippen LogP contribution >= 0.6 is 11.3 Å². The quantitative estimate of drug-likeness (QED) is 0.851. The summed E-state index contributed by atoms with van der Waals surface area (Å²) >= 11 is 1.55. The molecule has 1 aliphatic rings. The number of anilines is 1. The topological polar surface area (TPSA) is 66.3 Å². The molecular formula is C17H26N6OS. The van der Waals surface area contributed by atoms with Crippen LogP contribution in [0.15, 0.2) is 18.3 Å². The summed E-state index contributed by atoms with van der Waals surface area (Å²) in [5, 5.41) is 13.3. The molecule has 3 rings (SSSR count). The van der Waals surface area contributed by atoms with Crippen LogP contribution in [0.25, 0.3) is 5.13 Å². The normalized spacial score (nSPS) is 15.4. The number of amides is 1. The number of nitrogens with zero attached hydrogens (tertiary/aromatic N) is 5. The van der Waals surface area contributed by atoms with Crippen molar-refractivity contribution in [1.29, 1.82) is 0 Å². The van der Waals surface area contributed by atoms with Gasteiger partial charge in [-0.1, -0.05) is 24.2 Å². The summed E-state index contributed by atoms with van der Waals surface area (Å²) in [4.78, 5) is 16.8. The summed E-state index contributed by atoms with van der Waals surface area (Å²) < 4.78 is 1.82. The Kier molecular flexibility index (Phi) is 6.04. The van der Waals surface area contributed by atoms with Gasteiger partial charge in [-0.25, -0.2) is 0 Å². The average molecular weight is 363 g/mol. The molecule has 0 saturated carbocycles. The molecule has 7 nitrogen and oxygen atoms in total. The third-order valence-corrected chi connectivity index (χ3v) is 5.30. The van der Waals surface area contributed by atoms with Crippen molar-refractivity contribution in [3.8, 4) is 5.13 Å². The molecule has 1 amide bonds. The predicted octanol–water partition coefficient (Wildman–Crippen LogP) is 2.00. The minimum atomic E-state index is -0.0848. The first-order valence-electron chi connectivity index (χ1n) is 8.84. The number of nitrogens with one attached hydrogen (secondary N) is 1. The Morgan fingerprint density at radius 2 is 1.92 bits per heavy atom. The molecule has 0 radical (unpaired) electrons. The van der Waals surface area contributed by atoms with E-state index in [2.05, 4.69) is 20.4 Å². The van der Waals surface area contributed by atoms with Crippen LogP contribution in [-0.4, -0.2) is 65.8 Å². The number of likely N-dealkylation sites (N-methyl/N-ethyl adjacent to an activating group) is 1. The van der Waals surface area contributed by atoms with E-state index in [-0.39, 0.29) is 5.91 Å². The van der Waals surface area contributed by atoms with Crippen molar-refractivity contribution in [1.82, 2.24) is 25.0 Å². The average Bonchev–Trinajstić information content (AvgIpc) is 3.18. The Morgan fingerprint density at radius 1 is 1.20 bits per heavy atom. The van der Waals surface area contributed by atoms with Gasteiger partial charge in [-0.05, 0) is 39.1 Å². The molecule has 2 aromatic heterocycles. The second-order valence-corrected chi connectivity index (χ2v) is 7.53. The van der Waals surface area contributed by atoms with Gasteiger partial charge in [-0.3, -0.25) is 9.36 Å². The molecule has 1 saturated heterocycles.